The number of nitrogens with zero attached hydrogens (tertiary/aromatic N) is 1. The van der Waals surface area contributed by atoms with Crippen molar-refractivity contribution in [3.05, 3.63) is 52.8 Å². The lowest BCUT2D eigenvalue weighted by atomic mass is 10.3. The number of H-pyrrole nitrogens is 1. The van der Waals surface area contributed by atoms with Crippen molar-refractivity contribution in [1.29, 1.82) is 0 Å². The second-order valence-corrected chi connectivity index (χ2v) is 3.78. The van der Waals surface area contributed by atoms with Crippen LogP contribution in [0.25, 0.3) is 0 Å². The average Bonchev–Trinajstić information content (AvgIpc) is 2.70. The monoisotopic (exact) mass is 248 g/mol. The number of hydrogen-bond donors (Lipinski definition) is 1. The lowest BCUT2D eigenvalue weighted by Gasteiger charge is -1.92. The summed E-state index contributed by atoms with van der Waals surface area (Å²) < 4.78 is 1.07. The summed E-state index contributed by atoms with van der Waals surface area (Å²) in [5, 5.41) is 0. The summed E-state index contributed by atoms with van der Waals surface area (Å²) in [6, 6.07) is 11.8. The fraction of sp³-hybridized carbons (Fsp3) is 0. The molecule has 1 heterocycles. The molecule has 1 N–H and O–H groups in total. The predicted octanol–water partition coefficient (Wildman–Crippen LogP) is 3.53. The van der Waals surface area contributed by atoms with Crippen molar-refractivity contribution in [2.75, 3.05) is 0 Å². The van der Waals surface area contributed by atoms with E-state index in [9.17, 15) is 0 Å². The maximum absolute atomic E-state index is 4.31. The lowest BCUT2D eigenvalue weighted by molar-refractivity contribution is 1.38. The number of hydrogen-bond acceptors (Lipinski definition) is 1. The highest BCUT2D eigenvalue weighted by molar-refractivity contribution is 9.10. The molecule has 0 saturated heterocycles. The molecule has 0 saturated carbocycles. The van der Waals surface area contributed by atoms with E-state index < -0.39 is 0 Å². The van der Waals surface area contributed by atoms with Gasteiger partial charge in [-0.05, 0) is 36.4 Å². The van der Waals surface area contributed by atoms with E-state index in [-0.39, 0.29) is 0 Å². The molecule has 2 rings (SSSR count). The molecule has 2 aromatic rings. The first kappa shape index (κ1) is 9.21. The molecule has 0 bridgehead atoms. The Morgan fingerprint density at radius 2 is 1.93 bits per heavy atom. The Hall–Kier alpha value is -1.35. The van der Waals surface area contributed by atoms with Gasteiger partial charge in [0.15, 0.2) is 0 Å². The summed E-state index contributed by atoms with van der Waals surface area (Å²) >= 11 is 3.38. The van der Waals surface area contributed by atoms with Gasteiger partial charge in [-0.15, -0.1) is 0 Å². The van der Waals surface area contributed by atoms with E-state index in [1.165, 1.54) is 0 Å². The zero-order valence-electron chi connectivity index (χ0n) is 7.44. The molecule has 0 unspecified atom stereocenters. The quantitative estimate of drug-likeness (QED) is 0.788. The van der Waals surface area contributed by atoms with Gasteiger partial charge >= 0.3 is 0 Å². The van der Waals surface area contributed by atoms with Crippen LogP contribution in [0, 0.1) is 0 Å². The van der Waals surface area contributed by atoms with E-state index in [0.29, 0.717) is 0 Å². The van der Waals surface area contributed by atoms with Gasteiger partial charge in [-0.2, -0.15) is 0 Å². The van der Waals surface area contributed by atoms with Crippen LogP contribution in [0.15, 0.2) is 52.1 Å². The first-order chi connectivity index (χ1) is 6.84. The van der Waals surface area contributed by atoms with Crippen LogP contribution in [0.1, 0.15) is 5.69 Å². The molecule has 0 atom stereocenters. The summed E-state index contributed by atoms with van der Waals surface area (Å²) in [5.74, 6) is 0. The number of aromatic amines is 1. The van der Waals surface area contributed by atoms with Gasteiger partial charge in [0.25, 0.3) is 0 Å². The lowest BCUT2D eigenvalue weighted by Crippen LogP contribution is -1.77. The fourth-order valence-electron chi connectivity index (χ4n) is 1.10. The van der Waals surface area contributed by atoms with Gasteiger partial charge in [-0.25, -0.2) is 0 Å². The summed E-state index contributed by atoms with van der Waals surface area (Å²) in [7, 11) is 0. The van der Waals surface area contributed by atoms with Crippen LogP contribution in [-0.2, 0) is 0 Å². The van der Waals surface area contributed by atoms with Crippen LogP contribution in [0.2, 0.25) is 0 Å². The Labute approximate surface area is 90.8 Å². The summed E-state index contributed by atoms with van der Waals surface area (Å²) in [5.41, 5.74) is 1.95. The third-order valence-corrected chi connectivity index (χ3v) is 2.33. The first-order valence-corrected chi connectivity index (χ1v) is 5.07. The smallest absolute Gasteiger partial charge is 0.0631 e. The van der Waals surface area contributed by atoms with Crippen molar-refractivity contribution in [2.24, 2.45) is 4.99 Å². The number of rotatable bonds is 2. The number of nitrogens with one attached hydrogen (secondary N) is 1. The highest BCUT2D eigenvalue weighted by Crippen LogP contribution is 2.16. The molecule has 0 aliphatic rings. The Morgan fingerprint density at radius 3 is 2.57 bits per heavy atom. The normalized spacial score (nSPS) is 10.9. The van der Waals surface area contributed by atoms with E-state index in [1.54, 1.807) is 0 Å². The standard InChI is InChI=1S/C11H9BrN2/c12-9-3-5-10(6-4-9)14-8-11-2-1-7-13-11/h1-8,13H/b14-8+. The van der Waals surface area contributed by atoms with E-state index in [1.807, 2.05) is 48.8 Å². The van der Waals surface area contributed by atoms with Crippen molar-refractivity contribution in [3.63, 3.8) is 0 Å². The van der Waals surface area contributed by atoms with Gasteiger partial charge in [0.2, 0.25) is 0 Å². The third kappa shape index (κ3) is 2.33. The second-order valence-electron chi connectivity index (χ2n) is 2.86. The van der Waals surface area contributed by atoms with E-state index >= 15 is 0 Å². The van der Waals surface area contributed by atoms with Gasteiger partial charge in [0.05, 0.1) is 17.6 Å². The molecular formula is C11H9BrN2. The van der Waals surface area contributed by atoms with Crippen LogP contribution in [0.5, 0.6) is 0 Å². The summed E-state index contributed by atoms with van der Waals surface area (Å²) in [6.07, 6.45) is 3.69. The molecule has 70 valence electrons. The minimum atomic E-state index is 0.947. The predicted molar refractivity (Wildman–Crippen MR) is 62.2 cm³/mol. The maximum Gasteiger partial charge on any atom is 0.0631 e. The minimum absolute atomic E-state index is 0.947. The molecule has 1 aromatic carbocycles. The molecule has 3 heteroatoms. The Morgan fingerprint density at radius 1 is 1.14 bits per heavy atom. The van der Waals surface area contributed by atoms with E-state index in [4.69, 9.17) is 0 Å². The van der Waals surface area contributed by atoms with Crippen LogP contribution < -0.4 is 0 Å². The molecule has 0 aliphatic carbocycles. The van der Waals surface area contributed by atoms with Gasteiger partial charge in [-0.3, -0.25) is 4.99 Å². The van der Waals surface area contributed by atoms with Gasteiger partial charge in [0.1, 0.15) is 0 Å². The molecule has 0 aliphatic heterocycles. The van der Waals surface area contributed by atoms with Crippen LogP contribution in [-0.4, -0.2) is 11.2 Å². The van der Waals surface area contributed by atoms with Crippen molar-refractivity contribution in [1.82, 2.24) is 4.98 Å². The minimum Gasteiger partial charge on any atom is -0.360 e. The SMILES string of the molecule is Brc1ccc(/N=C/c2ccc[nH]2)cc1. The van der Waals surface area contributed by atoms with E-state index in [0.717, 1.165) is 15.9 Å². The van der Waals surface area contributed by atoms with E-state index in [2.05, 4.69) is 25.9 Å². The van der Waals surface area contributed by atoms with Gasteiger partial charge in [0, 0.05) is 10.7 Å². The molecule has 0 spiro atoms. The van der Waals surface area contributed by atoms with Gasteiger partial charge in [-0.1, -0.05) is 15.9 Å². The number of benzene rings is 1. The zero-order chi connectivity index (χ0) is 9.80. The Bertz CT molecular complexity index is 415. The van der Waals surface area contributed by atoms with Crippen molar-refractivity contribution in [2.45, 2.75) is 0 Å². The maximum atomic E-state index is 4.31. The van der Waals surface area contributed by atoms with Crippen molar-refractivity contribution >= 4 is 27.8 Å². The first-order valence-electron chi connectivity index (χ1n) is 4.27. The van der Waals surface area contributed by atoms with Crippen LogP contribution in [0.3, 0.4) is 0 Å². The molecule has 0 radical (unpaired) electrons. The fourth-order valence-corrected chi connectivity index (χ4v) is 1.36. The van der Waals surface area contributed by atoms with Crippen molar-refractivity contribution < 1.29 is 0 Å². The molecule has 0 fully saturated rings. The second kappa shape index (κ2) is 4.24. The van der Waals surface area contributed by atoms with Crippen molar-refractivity contribution in [3.8, 4) is 0 Å². The largest absolute Gasteiger partial charge is 0.360 e. The molecule has 2 nitrogen and oxygen atoms in total. The molecular weight excluding hydrogens is 240 g/mol. The number of halogens is 1. The topological polar surface area (TPSA) is 28.1 Å². The Balaban J connectivity index is 2.15. The highest BCUT2D eigenvalue weighted by atomic mass is 79.9. The number of aliphatic imine (C=N–C) groups is 1. The zero-order valence-corrected chi connectivity index (χ0v) is 9.03. The number of aromatic nitrogens is 1. The third-order valence-electron chi connectivity index (χ3n) is 1.80. The molecule has 0 amide bonds. The molecule has 1 aromatic heterocycles. The van der Waals surface area contributed by atoms with Crippen LogP contribution in [0.4, 0.5) is 5.69 Å². The average molecular weight is 249 g/mol. The van der Waals surface area contributed by atoms with Gasteiger partial charge < -0.3 is 4.98 Å². The highest BCUT2D eigenvalue weighted by Gasteiger charge is 1.89. The summed E-state index contributed by atoms with van der Waals surface area (Å²) in [4.78, 5) is 7.37. The Kier molecular flexibility index (Phi) is 2.79. The summed E-state index contributed by atoms with van der Waals surface area (Å²) in [6.45, 7) is 0. The van der Waals surface area contributed by atoms with Crippen LogP contribution >= 0.6 is 15.9 Å². The molecule has 14 heavy (non-hydrogen) atoms.